The largest absolute Gasteiger partial charge is 0.384 e. The summed E-state index contributed by atoms with van der Waals surface area (Å²) >= 11 is 0. The average Bonchev–Trinajstić information content (AvgIpc) is 2.44. The first-order valence-electron chi connectivity index (χ1n) is 6.85. The van der Waals surface area contributed by atoms with Crippen LogP contribution in [-0.4, -0.2) is 47.8 Å². The van der Waals surface area contributed by atoms with Crippen molar-refractivity contribution in [2.24, 2.45) is 0 Å². The van der Waals surface area contributed by atoms with Crippen molar-refractivity contribution < 1.29 is 19.0 Å². The van der Waals surface area contributed by atoms with E-state index in [2.05, 4.69) is 11.8 Å². The smallest absolute Gasteiger partial charge is 0.254 e. The zero-order valence-electron chi connectivity index (χ0n) is 12.1. The number of nitrogens with zero attached hydrogens (tertiary/aromatic N) is 1. The van der Waals surface area contributed by atoms with Gasteiger partial charge in [0.1, 0.15) is 12.4 Å². The number of amides is 1. The first-order valence-corrected chi connectivity index (χ1v) is 6.85. The number of ether oxygens (including phenoxy) is 1. The number of halogens is 1. The summed E-state index contributed by atoms with van der Waals surface area (Å²) in [5.74, 6) is 4.12. The predicted octanol–water partition coefficient (Wildman–Crippen LogP) is 1.42. The Morgan fingerprint density at radius 2 is 2.10 bits per heavy atom. The van der Waals surface area contributed by atoms with Crippen LogP contribution in [0.5, 0.6) is 0 Å². The molecular formula is C16H18FNO3. The molecule has 5 heteroatoms. The summed E-state index contributed by atoms with van der Waals surface area (Å²) < 4.78 is 19.5. The van der Waals surface area contributed by atoms with Crippen LogP contribution < -0.4 is 0 Å². The minimum absolute atomic E-state index is 0.0303. The number of aliphatic hydroxyl groups excluding tert-OH is 1. The fraction of sp³-hybridized carbons (Fsp3) is 0.438. The quantitative estimate of drug-likeness (QED) is 0.796. The number of morpholine rings is 1. The van der Waals surface area contributed by atoms with Crippen LogP contribution in [0.1, 0.15) is 29.8 Å². The summed E-state index contributed by atoms with van der Waals surface area (Å²) in [5.41, 5.74) is 0.465. The summed E-state index contributed by atoms with van der Waals surface area (Å²) in [6, 6.07) is 4.20. The van der Waals surface area contributed by atoms with E-state index in [9.17, 15) is 9.18 Å². The third kappa shape index (κ3) is 3.81. The van der Waals surface area contributed by atoms with Gasteiger partial charge >= 0.3 is 0 Å². The van der Waals surface area contributed by atoms with Gasteiger partial charge in [-0.15, -0.1) is 0 Å². The highest BCUT2D eigenvalue weighted by atomic mass is 19.1. The molecule has 0 unspecified atom stereocenters. The number of rotatable bonds is 1. The van der Waals surface area contributed by atoms with Crippen molar-refractivity contribution in [3.63, 3.8) is 0 Å². The molecule has 2 rings (SSSR count). The van der Waals surface area contributed by atoms with E-state index in [1.807, 2.05) is 13.8 Å². The van der Waals surface area contributed by atoms with Gasteiger partial charge in [-0.2, -0.15) is 0 Å². The topological polar surface area (TPSA) is 49.8 Å². The molecule has 1 N–H and O–H groups in total. The molecule has 1 aromatic rings. The first kappa shape index (κ1) is 15.5. The Morgan fingerprint density at radius 3 is 2.67 bits per heavy atom. The molecule has 0 spiro atoms. The Labute approximate surface area is 123 Å². The average molecular weight is 291 g/mol. The van der Waals surface area contributed by atoms with E-state index in [0.29, 0.717) is 18.7 Å². The summed E-state index contributed by atoms with van der Waals surface area (Å²) in [6.45, 7) is 4.48. The molecule has 1 amide bonds. The van der Waals surface area contributed by atoms with E-state index >= 15 is 0 Å². The number of hydrogen-bond donors (Lipinski definition) is 1. The van der Waals surface area contributed by atoms with Crippen LogP contribution in [0.25, 0.3) is 0 Å². The van der Waals surface area contributed by atoms with Crippen LogP contribution in [0, 0.1) is 17.7 Å². The number of carbonyl (C=O) groups is 1. The van der Waals surface area contributed by atoms with Crippen molar-refractivity contribution in [1.29, 1.82) is 0 Å². The van der Waals surface area contributed by atoms with Gasteiger partial charge in [0, 0.05) is 18.7 Å². The third-order valence-electron chi connectivity index (χ3n) is 3.22. The van der Waals surface area contributed by atoms with Gasteiger partial charge in [-0.1, -0.05) is 11.8 Å². The molecule has 1 aliphatic heterocycles. The van der Waals surface area contributed by atoms with E-state index in [1.165, 1.54) is 12.1 Å². The van der Waals surface area contributed by atoms with Gasteiger partial charge in [-0.05, 0) is 32.0 Å². The molecule has 0 bridgehead atoms. The highest BCUT2D eigenvalue weighted by Crippen LogP contribution is 2.16. The van der Waals surface area contributed by atoms with Crippen LogP contribution in [0.4, 0.5) is 4.39 Å². The molecule has 0 saturated carbocycles. The van der Waals surface area contributed by atoms with Gasteiger partial charge < -0.3 is 14.7 Å². The van der Waals surface area contributed by atoms with Crippen LogP contribution in [0.3, 0.4) is 0 Å². The Balaban J connectivity index is 2.18. The van der Waals surface area contributed by atoms with E-state index < -0.39 is 5.82 Å². The lowest BCUT2D eigenvalue weighted by molar-refractivity contribution is -0.0586. The molecule has 4 nitrogen and oxygen atoms in total. The summed E-state index contributed by atoms with van der Waals surface area (Å²) in [4.78, 5) is 14.1. The van der Waals surface area contributed by atoms with Crippen molar-refractivity contribution in [2.45, 2.75) is 26.1 Å². The van der Waals surface area contributed by atoms with Gasteiger partial charge in [-0.3, -0.25) is 4.79 Å². The lowest BCUT2D eigenvalue weighted by Crippen LogP contribution is -2.48. The van der Waals surface area contributed by atoms with Crippen molar-refractivity contribution in [3.05, 3.63) is 35.1 Å². The number of carbonyl (C=O) groups excluding carboxylic acids is 1. The monoisotopic (exact) mass is 291 g/mol. The van der Waals surface area contributed by atoms with Crippen LogP contribution in [-0.2, 0) is 4.74 Å². The molecular weight excluding hydrogens is 273 g/mol. The molecule has 0 radical (unpaired) electrons. The Morgan fingerprint density at radius 1 is 1.43 bits per heavy atom. The molecule has 21 heavy (non-hydrogen) atoms. The summed E-state index contributed by atoms with van der Waals surface area (Å²) in [5, 5.41) is 8.61. The Kier molecular flexibility index (Phi) is 4.94. The third-order valence-corrected chi connectivity index (χ3v) is 3.22. The van der Waals surface area contributed by atoms with Crippen molar-refractivity contribution in [1.82, 2.24) is 4.90 Å². The maximum atomic E-state index is 13.9. The lowest BCUT2D eigenvalue weighted by atomic mass is 10.1. The van der Waals surface area contributed by atoms with Crippen molar-refractivity contribution in [3.8, 4) is 11.8 Å². The SMILES string of the molecule is C[C@@H]1CN(C(=O)c2ccc(C#CCO)c(F)c2)C[C@H](C)O1. The maximum Gasteiger partial charge on any atom is 0.254 e. The maximum absolute atomic E-state index is 13.9. The second-order valence-corrected chi connectivity index (χ2v) is 5.12. The van der Waals surface area contributed by atoms with Crippen LogP contribution in [0.15, 0.2) is 18.2 Å². The molecule has 112 valence electrons. The fourth-order valence-corrected chi connectivity index (χ4v) is 2.41. The molecule has 1 heterocycles. The van der Waals surface area contributed by atoms with Crippen LogP contribution in [0.2, 0.25) is 0 Å². The van der Waals surface area contributed by atoms with Gasteiger partial charge in [0.25, 0.3) is 5.91 Å². The second-order valence-electron chi connectivity index (χ2n) is 5.12. The standard InChI is InChI=1S/C16H18FNO3/c1-11-9-18(10-12(2)21-11)16(20)14-6-5-13(4-3-7-19)15(17)8-14/h5-6,8,11-12,19H,7,9-10H2,1-2H3/t11-,12+. The minimum Gasteiger partial charge on any atom is -0.384 e. The zero-order chi connectivity index (χ0) is 15.4. The molecule has 0 aliphatic carbocycles. The van der Waals surface area contributed by atoms with E-state index in [-0.39, 0.29) is 30.3 Å². The predicted molar refractivity (Wildman–Crippen MR) is 76.3 cm³/mol. The zero-order valence-corrected chi connectivity index (χ0v) is 12.1. The van der Waals surface area contributed by atoms with Crippen molar-refractivity contribution in [2.75, 3.05) is 19.7 Å². The number of aliphatic hydroxyl groups is 1. The van der Waals surface area contributed by atoms with Gasteiger partial charge in [0.05, 0.1) is 17.8 Å². The fourth-order valence-electron chi connectivity index (χ4n) is 2.41. The van der Waals surface area contributed by atoms with Gasteiger partial charge in [0.2, 0.25) is 0 Å². The molecule has 1 fully saturated rings. The molecule has 1 aromatic carbocycles. The molecule has 1 aliphatic rings. The highest BCUT2D eigenvalue weighted by Gasteiger charge is 2.26. The second kappa shape index (κ2) is 6.70. The normalized spacial score (nSPS) is 21.6. The Hall–Kier alpha value is -1.90. The lowest BCUT2D eigenvalue weighted by Gasteiger charge is -2.35. The van der Waals surface area contributed by atoms with Gasteiger partial charge in [0.15, 0.2) is 0 Å². The van der Waals surface area contributed by atoms with Crippen LogP contribution >= 0.6 is 0 Å². The summed E-state index contributed by atoms with van der Waals surface area (Å²) in [6.07, 6.45) is -0.0607. The summed E-state index contributed by atoms with van der Waals surface area (Å²) in [7, 11) is 0. The van der Waals surface area contributed by atoms with E-state index in [0.717, 1.165) is 0 Å². The minimum atomic E-state index is -0.559. The number of benzene rings is 1. The first-order chi connectivity index (χ1) is 10.0. The Bertz CT molecular complexity index is 581. The van der Waals surface area contributed by atoms with Crippen molar-refractivity contribution >= 4 is 5.91 Å². The molecule has 0 aromatic heterocycles. The molecule has 1 saturated heterocycles. The van der Waals surface area contributed by atoms with Gasteiger partial charge in [-0.25, -0.2) is 4.39 Å². The molecule has 2 atom stereocenters. The van der Waals surface area contributed by atoms with E-state index in [1.54, 1.807) is 11.0 Å². The number of hydrogen-bond acceptors (Lipinski definition) is 3. The van der Waals surface area contributed by atoms with E-state index in [4.69, 9.17) is 9.84 Å². The highest BCUT2D eigenvalue weighted by molar-refractivity contribution is 5.94.